The first-order valence-corrected chi connectivity index (χ1v) is 3.20. The van der Waals surface area contributed by atoms with Crippen LogP contribution in [0.2, 0.25) is 0 Å². The van der Waals surface area contributed by atoms with Crippen LogP contribution < -0.4 is 0 Å². The van der Waals surface area contributed by atoms with Gasteiger partial charge in [-0.3, -0.25) is 0 Å². The molecule has 1 aliphatic carbocycles. The summed E-state index contributed by atoms with van der Waals surface area (Å²) >= 11 is 0. The van der Waals surface area contributed by atoms with Crippen molar-refractivity contribution in [1.82, 2.24) is 0 Å². The van der Waals surface area contributed by atoms with E-state index < -0.39 is 5.60 Å². The summed E-state index contributed by atoms with van der Waals surface area (Å²) in [5.41, 5.74) is -0.681. The summed E-state index contributed by atoms with van der Waals surface area (Å²) in [6.45, 7) is 1.75. The second-order valence-corrected chi connectivity index (χ2v) is 2.82. The van der Waals surface area contributed by atoms with Gasteiger partial charge in [0.25, 0.3) is 0 Å². The minimum Gasteiger partial charge on any atom is -0.389 e. The zero-order chi connectivity index (χ0) is 6.91. The summed E-state index contributed by atoms with van der Waals surface area (Å²) in [4.78, 5) is 0. The van der Waals surface area contributed by atoms with E-state index in [0.29, 0.717) is 12.8 Å². The monoisotopic (exact) mass is 128 g/mol. The largest absolute Gasteiger partial charge is 0.389 e. The number of hydrogen-bond donors (Lipinski definition) is 2. The van der Waals surface area contributed by atoms with Crippen molar-refractivity contribution in [3.05, 3.63) is 12.2 Å². The molecule has 2 N–H and O–H groups in total. The van der Waals surface area contributed by atoms with Gasteiger partial charge in [0, 0.05) is 0 Å². The van der Waals surface area contributed by atoms with E-state index in [9.17, 15) is 5.11 Å². The third-order valence-corrected chi connectivity index (χ3v) is 1.62. The molecule has 0 aromatic heterocycles. The zero-order valence-electron chi connectivity index (χ0n) is 5.54. The van der Waals surface area contributed by atoms with E-state index in [4.69, 9.17) is 5.11 Å². The molecule has 0 heterocycles. The maximum Gasteiger partial charge on any atom is 0.0801 e. The SMILES string of the molecule is CC1(O)C=CC(O)CC1. The fraction of sp³-hybridized carbons (Fsp3) is 0.714. The molecule has 0 spiro atoms. The topological polar surface area (TPSA) is 40.5 Å². The summed E-state index contributed by atoms with van der Waals surface area (Å²) in [7, 11) is 0. The molecule has 0 aliphatic heterocycles. The third-order valence-electron chi connectivity index (χ3n) is 1.62. The number of hydrogen-bond acceptors (Lipinski definition) is 2. The van der Waals surface area contributed by atoms with E-state index in [2.05, 4.69) is 0 Å². The Kier molecular flexibility index (Phi) is 1.60. The summed E-state index contributed by atoms with van der Waals surface area (Å²) in [6.07, 6.45) is 4.28. The number of rotatable bonds is 0. The van der Waals surface area contributed by atoms with Crippen molar-refractivity contribution in [2.24, 2.45) is 0 Å². The lowest BCUT2D eigenvalue weighted by Gasteiger charge is -2.24. The van der Waals surface area contributed by atoms with Crippen molar-refractivity contribution in [1.29, 1.82) is 0 Å². The Hall–Kier alpha value is -0.340. The van der Waals surface area contributed by atoms with Crippen LogP contribution in [0.3, 0.4) is 0 Å². The van der Waals surface area contributed by atoms with Crippen molar-refractivity contribution in [3.63, 3.8) is 0 Å². The van der Waals surface area contributed by atoms with Crippen LogP contribution in [0.1, 0.15) is 19.8 Å². The maximum absolute atomic E-state index is 9.29. The van der Waals surface area contributed by atoms with Crippen LogP contribution in [0, 0.1) is 0 Å². The molecule has 0 radical (unpaired) electrons. The molecule has 0 saturated heterocycles. The average Bonchev–Trinajstić information content (AvgIpc) is 1.78. The van der Waals surface area contributed by atoms with E-state index in [-0.39, 0.29) is 6.10 Å². The van der Waals surface area contributed by atoms with Gasteiger partial charge in [-0.1, -0.05) is 12.2 Å². The van der Waals surface area contributed by atoms with E-state index >= 15 is 0 Å². The lowest BCUT2D eigenvalue weighted by molar-refractivity contribution is 0.0695. The fourth-order valence-corrected chi connectivity index (χ4v) is 0.938. The van der Waals surface area contributed by atoms with Gasteiger partial charge in [-0.05, 0) is 19.8 Å². The summed E-state index contributed by atoms with van der Waals surface area (Å²) < 4.78 is 0. The van der Waals surface area contributed by atoms with Gasteiger partial charge in [0.15, 0.2) is 0 Å². The van der Waals surface area contributed by atoms with Crippen LogP contribution in [0.25, 0.3) is 0 Å². The van der Waals surface area contributed by atoms with Gasteiger partial charge in [0.1, 0.15) is 0 Å². The van der Waals surface area contributed by atoms with Crippen LogP contribution in [-0.2, 0) is 0 Å². The Morgan fingerprint density at radius 1 is 1.67 bits per heavy atom. The minimum atomic E-state index is -0.681. The van der Waals surface area contributed by atoms with Gasteiger partial charge in [0.05, 0.1) is 11.7 Å². The van der Waals surface area contributed by atoms with Gasteiger partial charge in [-0.25, -0.2) is 0 Å². The second kappa shape index (κ2) is 2.12. The summed E-state index contributed by atoms with van der Waals surface area (Å²) in [6, 6.07) is 0. The van der Waals surface area contributed by atoms with Crippen LogP contribution in [0.15, 0.2) is 12.2 Å². The van der Waals surface area contributed by atoms with E-state index in [1.165, 1.54) is 0 Å². The molecule has 0 saturated carbocycles. The number of aliphatic hydroxyl groups is 2. The molecule has 0 amide bonds. The molecule has 52 valence electrons. The average molecular weight is 128 g/mol. The molecule has 2 heteroatoms. The standard InChI is InChI=1S/C7H12O2/c1-7(9)4-2-6(8)3-5-7/h2,4,6,8-9H,3,5H2,1H3. The molecular formula is C7H12O2. The molecule has 0 bridgehead atoms. The van der Waals surface area contributed by atoms with Gasteiger partial charge < -0.3 is 10.2 Å². The molecule has 1 rings (SSSR count). The Morgan fingerprint density at radius 3 is 2.67 bits per heavy atom. The molecule has 0 aromatic rings. The third kappa shape index (κ3) is 1.80. The van der Waals surface area contributed by atoms with E-state index in [1.54, 1.807) is 19.1 Å². The molecular weight excluding hydrogens is 116 g/mol. The molecule has 0 fully saturated rings. The highest BCUT2D eigenvalue weighted by Gasteiger charge is 2.21. The van der Waals surface area contributed by atoms with Gasteiger partial charge in [0.2, 0.25) is 0 Å². The van der Waals surface area contributed by atoms with Crippen LogP contribution in [0.4, 0.5) is 0 Å². The zero-order valence-corrected chi connectivity index (χ0v) is 5.54. The first-order chi connectivity index (χ1) is 4.10. The van der Waals surface area contributed by atoms with Crippen molar-refractivity contribution in [3.8, 4) is 0 Å². The first-order valence-electron chi connectivity index (χ1n) is 3.20. The smallest absolute Gasteiger partial charge is 0.0801 e. The highest BCUT2D eigenvalue weighted by molar-refractivity contribution is 5.05. The summed E-state index contributed by atoms with van der Waals surface area (Å²) in [5, 5.41) is 18.2. The minimum absolute atomic E-state index is 0.342. The quantitative estimate of drug-likeness (QED) is 0.465. The Balaban J connectivity index is 2.58. The lowest BCUT2D eigenvalue weighted by atomic mass is 9.92. The molecule has 2 atom stereocenters. The molecule has 1 aliphatic rings. The number of aliphatic hydroxyl groups excluding tert-OH is 1. The van der Waals surface area contributed by atoms with E-state index in [0.717, 1.165) is 0 Å². The second-order valence-electron chi connectivity index (χ2n) is 2.82. The fourth-order valence-electron chi connectivity index (χ4n) is 0.938. The Bertz CT molecular complexity index is 127. The van der Waals surface area contributed by atoms with Crippen molar-refractivity contribution in [2.45, 2.75) is 31.5 Å². The van der Waals surface area contributed by atoms with E-state index in [1.807, 2.05) is 0 Å². The van der Waals surface area contributed by atoms with Crippen LogP contribution in [0.5, 0.6) is 0 Å². The van der Waals surface area contributed by atoms with Crippen LogP contribution >= 0.6 is 0 Å². The lowest BCUT2D eigenvalue weighted by Crippen LogP contribution is -2.27. The molecule has 2 unspecified atom stereocenters. The van der Waals surface area contributed by atoms with Crippen molar-refractivity contribution < 1.29 is 10.2 Å². The van der Waals surface area contributed by atoms with Crippen molar-refractivity contribution >= 4 is 0 Å². The predicted octanol–water partition coefficient (Wildman–Crippen LogP) is 0.448. The highest BCUT2D eigenvalue weighted by Crippen LogP contribution is 2.20. The maximum atomic E-state index is 9.29. The van der Waals surface area contributed by atoms with Gasteiger partial charge in [-0.15, -0.1) is 0 Å². The molecule has 9 heavy (non-hydrogen) atoms. The first kappa shape index (κ1) is 6.78. The molecule has 2 nitrogen and oxygen atoms in total. The molecule has 0 aromatic carbocycles. The van der Waals surface area contributed by atoms with Crippen molar-refractivity contribution in [2.75, 3.05) is 0 Å². The Morgan fingerprint density at radius 2 is 2.33 bits per heavy atom. The highest BCUT2D eigenvalue weighted by atomic mass is 16.3. The predicted molar refractivity (Wildman–Crippen MR) is 35.0 cm³/mol. The summed E-state index contributed by atoms with van der Waals surface area (Å²) in [5.74, 6) is 0. The van der Waals surface area contributed by atoms with Gasteiger partial charge >= 0.3 is 0 Å². The Labute approximate surface area is 54.8 Å². The van der Waals surface area contributed by atoms with Crippen LogP contribution in [-0.4, -0.2) is 21.9 Å². The van der Waals surface area contributed by atoms with Gasteiger partial charge in [-0.2, -0.15) is 0 Å². The normalized spacial score (nSPS) is 43.2.